The minimum absolute atomic E-state index is 0.231. The van der Waals surface area contributed by atoms with E-state index in [9.17, 15) is 9.59 Å². The largest absolute Gasteiger partial charge is 0.444 e. The van der Waals surface area contributed by atoms with Gasteiger partial charge in [0.25, 0.3) is 0 Å². The molecular formula is C17H31N3O3. The zero-order chi connectivity index (χ0) is 17.3. The first-order valence-electron chi connectivity index (χ1n) is 8.61. The minimum atomic E-state index is -0.482. The molecule has 2 saturated heterocycles. The first kappa shape index (κ1) is 18.0. The number of carbonyl (C=O) groups is 2. The van der Waals surface area contributed by atoms with E-state index in [4.69, 9.17) is 4.74 Å². The van der Waals surface area contributed by atoms with Gasteiger partial charge in [0.2, 0.25) is 5.91 Å². The molecule has 23 heavy (non-hydrogen) atoms. The summed E-state index contributed by atoms with van der Waals surface area (Å²) in [6, 6.07) is 0.346. The molecule has 0 aromatic rings. The summed E-state index contributed by atoms with van der Waals surface area (Å²) in [5, 5.41) is 3.36. The van der Waals surface area contributed by atoms with Crippen LogP contribution in [0.15, 0.2) is 0 Å². The molecule has 0 unspecified atom stereocenters. The maximum absolute atomic E-state index is 12.9. The third kappa shape index (κ3) is 4.59. The van der Waals surface area contributed by atoms with Crippen LogP contribution in [0.1, 0.15) is 47.5 Å². The number of carbonyl (C=O) groups excluding carboxylic acids is 2. The van der Waals surface area contributed by atoms with Crippen molar-refractivity contribution in [3.8, 4) is 0 Å². The fourth-order valence-electron chi connectivity index (χ4n) is 3.22. The van der Waals surface area contributed by atoms with Gasteiger partial charge in [-0.05, 0) is 40.5 Å². The number of hydrogen-bond acceptors (Lipinski definition) is 4. The molecule has 0 aromatic heterocycles. The Morgan fingerprint density at radius 3 is 2.26 bits per heavy atom. The number of piperidine rings is 1. The Balaban J connectivity index is 1.91. The molecular weight excluding hydrogens is 294 g/mol. The Hall–Kier alpha value is -1.30. The second kappa shape index (κ2) is 6.67. The predicted molar refractivity (Wildman–Crippen MR) is 89.2 cm³/mol. The lowest BCUT2D eigenvalue weighted by atomic mass is 9.79. The Morgan fingerprint density at radius 2 is 1.74 bits per heavy atom. The summed E-state index contributed by atoms with van der Waals surface area (Å²) in [6.45, 7) is 13.3. The van der Waals surface area contributed by atoms with Crippen LogP contribution in [-0.4, -0.2) is 66.2 Å². The molecule has 2 heterocycles. The zero-order valence-electron chi connectivity index (χ0n) is 15.1. The van der Waals surface area contributed by atoms with E-state index in [2.05, 4.69) is 12.2 Å². The van der Waals surface area contributed by atoms with Gasteiger partial charge in [-0.1, -0.05) is 6.92 Å². The first-order valence-corrected chi connectivity index (χ1v) is 8.61. The summed E-state index contributed by atoms with van der Waals surface area (Å²) in [5.41, 5.74) is -0.847. The van der Waals surface area contributed by atoms with E-state index in [0.29, 0.717) is 32.0 Å². The van der Waals surface area contributed by atoms with Crippen molar-refractivity contribution < 1.29 is 14.3 Å². The highest BCUT2D eigenvalue weighted by Crippen LogP contribution is 2.33. The molecule has 2 rings (SSSR count). The van der Waals surface area contributed by atoms with Crippen LogP contribution in [-0.2, 0) is 9.53 Å². The first-order chi connectivity index (χ1) is 10.6. The van der Waals surface area contributed by atoms with Crippen LogP contribution in [0.3, 0.4) is 0 Å². The van der Waals surface area contributed by atoms with Crippen LogP contribution in [0.2, 0.25) is 0 Å². The van der Waals surface area contributed by atoms with E-state index in [1.54, 1.807) is 4.90 Å². The molecule has 132 valence electrons. The van der Waals surface area contributed by atoms with Crippen molar-refractivity contribution in [1.29, 1.82) is 0 Å². The number of nitrogens with one attached hydrogen (secondary N) is 1. The molecule has 1 atom stereocenters. The van der Waals surface area contributed by atoms with Gasteiger partial charge in [0.1, 0.15) is 5.60 Å². The van der Waals surface area contributed by atoms with Gasteiger partial charge < -0.3 is 19.9 Å². The molecule has 2 aliphatic heterocycles. The Labute approximate surface area is 139 Å². The van der Waals surface area contributed by atoms with Crippen molar-refractivity contribution in [1.82, 2.24) is 15.1 Å². The zero-order valence-corrected chi connectivity index (χ0v) is 15.1. The third-order valence-electron chi connectivity index (χ3n) is 4.69. The molecule has 6 heteroatoms. The van der Waals surface area contributed by atoms with Crippen LogP contribution in [0.4, 0.5) is 4.79 Å². The molecule has 0 saturated carbocycles. The van der Waals surface area contributed by atoms with Gasteiger partial charge in [0.15, 0.2) is 0 Å². The topological polar surface area (TPSA) is 61.9 Å². The molecule has 1 N–H and O–H groups in total. The van der Waals surface area contributed by atoms with E-state index in [-0.39, 0.29) is 17.4 Å². The van der Waals surface area contributed by atoms with Gasteiger partial charge >= 0.3 is 6.09 Å². The number of rotatable bonds is 1. The van der Waals surface area contributed by atoms with Crippen LogP contribution in [0, 0.1) is 5.41 Å². The SMILES string of the molecule is C[C@@H]1CN(C(=O)C2(C)CCN(C(=O)OC(C)(C)C)CC2)CCN1. The maximum atomic E-state index is 12.9. The quantitative estimate of drug-likeness (QED) is 0.799. The number of amides is 2. The van der Waals surface area contributed by atoms with E-state index in [1.807, 2.05) is 32.6 Å². The predicted octanol–water partition coefficient (Wildman–Crippen LogP) is 1.84. The molecule has 6 nitrogen and oxygen atoms in total. The van der Waals surface area contributed by atoms with Crippen molar-refractivity contribution in [2.75, 3.05) is 32.7 Å². The summed E-state index contributed by atoms with van der Waals surface area (Å²) in [6.07, 6.45) is 1.12. The fourth-order valence-corrected chi connectivity index (χ4v) is 3.22. The second-order valence-corrected chi connectivity index (χ2v) is 8.13. The lowest BCUT2D eigenvalue weighted by molar-refractivity contribution is -0.145. The Morgan fingerprint density at radius 1 is 1.13 bits per heavy atom. The van der Waals surface area contributed by atoms with E-state index in [1.165, 1.54) is 0 Å². The fraction of sp³-hybridized carbons (Fsp3) is 0.882. The summed E-state index contributed by atoms with van der Waals surface area (Å²) in [5.74, 6) is 0.231. The number of likely N-dealkylation sites (tertiary alicyclic amines) is 1. The number of nitrogens with zero attached hydrogens (tertiary/aromatic N) is 2. The normalized spacial score (nSPS) is 25.2. The highest BCUT2D eigenvalue weighted by atomic mass is 16.6. The van der Waals surface area contributed by atoms with Crippen molar-refractivity contribution >= 4 is 12.0 Å². The van der Waals surface area contributed by atoms with E-state index in [0.717, 1.165) is 19.6 Å². The Kier molecular flexibility index (Phi) is 5.23. The minimum Gasteiger partial charge on any atom is -0.444 e. The summed E-state index contributed by atoms with van der Waals surface area (Å²) in [4.78, 5) is 28.7. The number of hydrogen-bond donors (Lipinski definition) is 1. The molecule has 0 aliphatic carbocycles. The maximum Gasteiger partial charge on any atom is 0.410 e. The standard InChI is InChI=1S/C17H31N3O3/c1-13-12-20(11-8-18-13)14(21)17(5)6-9-19(10-7-17)15(22)23-16(2,3)4/h13,18H,6-12H2,1-5H3/t13-/m1/s1. The van der Waals surface area contributed by atoms with Crippen molar-refractivity contribution in [2.45, 2.75) is 59.1 Å². The smallest absolute Gasteiger partial charge is 0.410 e. The van der Waals surface area contributed by atoms with Gasteiger partial charge in [-0.3, -0.25) is 4.79 Å². The molecule has 0 spiro atoms. The van der Waals surface area contributed by atoms with Gasteiger partial charge in [-0.25, -0.2) is 4.79 Å². The van der Waals surface area contributed by atoms with Crippen LogP contribution in [0.25, 0.3) is 0 Å². The monoisotopic (exact) mass is 325 g/mol. The van der Waals surface area contributed by atoms with E-state index >= 15 is 0 Å². The molecule has 2 aliphatic rings. The summed E-state index contributed by atoms with van der Waals surface area (Å²) >= 11 is 0. The van der Waals surface area contributed by atoms with Crippen LogP contribution >= 0.6 is 0 Å². The third-order valence-corrected chi connectivity index (χ3v) is 4.69. The molecule has 0 bridgehead atoms. The molecule has 0 aromatic carbocycles. The van der Waals surface area contributed by atoms with Crippen molar-refractivity contribution in [2.24, 2.45) is 5.41 Å². The summed E-state index contributed by atoms with van der Waals surface area (Å²) < 4.78 is 5.42. The molecule has 2 amide bonds. The number of ether oxygens (including phenoxy) is 1. The molecule has 2 fully saturated rings. The van der Waals surface area contributed by atoms with Gasteiger partial charge in [0.05, 0.1) is 0 Å². The van der Waals surface area contributed by atoms with Crippen LogP contribution in [0.5, 0.6) is 0 Å². The Bertz CT molecular complexity index is 450. The lowest BCUT2D eigenvalue weighted by Gasteiger charge is -2.43. The average molecular weight is 325 g/mol. The van der Waals surface area contributed by atoms with E-state index < -0.39 is 5.60 Å². The highest BCUT2D eigenvalue weighted by molar-refractivity contribution is 5.83. The lowest BCUT2D eigenvalue weighted by Crippen LogP contribution is -2.57. The van der Waals surface area contributed by atoms with Crippen molar-refractivity contribution in [3.63, 3.8) is 0 Å². The molecule has 0 radical (unpaired) electrons. The number of piperazine rings is 1. The average Bonchev–Trinajstić information content (AvgIpc) is 2.45. The summed E-state index contributed by atoms with van der Waals surface area (Å²) in [7, 11) is 0. The van der Waals surface area contributed by atoms with Gasteiger partial charge in [-0.2, -0.15) is 0 Å². The van der Waals surface area contributed by atoms with Crippen molar-refractivity contribution in [3.05, 3.63) is 0 Å². The highest BCUT2D eigenvalue weighted by Gasteiger charge is 2.41. The second-order valence-electron chi connectivity index (χ2n) is 8.13. The van der Waals surface area contributed by atoms with Gasteiger partial charge in [0, 0.05) is 44.2 Å². The van der Waals surface area contributed by atoms with Gasteiger partial charge in [-0.15, -0.1) is 0 Å². The van der Waals surface area contributed by atoms with Crippen LogP contribution < -0.4 is 5.32 Å².